The Labute approximate surface area is 124 Å². The Morgan fingerprint density at radius 2 is 2.20 bits per heavy atom. The van der Waals surface area contributed by atoms with Gasteiger partial charge in [0.2, 0.25) is 5.91 Å². The predicted molar refractivity (Wildman–Crippen MR) is 80.7 cm³/mol. The smallest absolute Gasteiger partial charge is 0.230 e. The van der Waals surface area contributed by atoms with Gasteiger partial charge in [-0.1, -0.05) is 30.2 Å². The van der Waals surface area contributed by atoms with E-state index in [-0.39, 0.29) is 17.4 Å². The molecule has 2 aliphatic carbocycles. The monoisotopic (exact) mass is 292 g/mol. The molecule has 1 aromatic carbocycles. The van der Waals surface area contributed by atoms with E-state index in [4.69, 9.17) is 17.3 Å². The van der Waals surface area contributed by atoms with Crippen molar-refractivity contribution in [3.8, 4) is 0 Å². The van der Waals surface area contributed by atoms with Crippen LogP contribution in [-0.2, 0) is 10.2 Å². The van der Waals surface area contributed by atoms with Crippen LogP contribution < -0.4 is 11.1 Å². The van der Waals surface area contributed by atoms with Gasteiger partial charge in [-0.25, -0.2) is 0 Å². The van der Waals surface area contributed by atoms with Crippen LogP contribution in [0.15, 0.2) is 24.3 Å². The Morgan fingerprint density at radius 1 is 1.40 bits per heavy atom. The number of rotatable bonds is 4. The molecule has 2 aliphatic rings. The number of nitrogens with one attached hydrogen (secondary N) is 1. The second-order valence-electron chi connectivity index (χ2n) is 6.10. The van der Waals surface area contributed by atoms with Gasteiger partial charge in [-0.15, -0.1) is 0 Å². The summed E-state index contributed by atoms with van der Waals surface area (Å²) >= 11 is 6.05. The summed E-state index contributed by atoms with van der Waals surface area (Å²) in [6.45, 7) is 0.662. The standard InChI is InChI=1S/C16H21ClN2O/c17-13-5-2-4-12(9-13)16(7-8-16)15(20)19-14-6-1-3-11(14)10-18/h2,4-5,9,11,14H,1,3,6-8,10,18H2,(H,19,20). The first-order valence-electron chi connectivity index (χ1n) is 7.43. The number of amides is 1. The van der Waals surface area contributed by atoms with E-state index in [1.54, 1.807) is 0 Å². The van der Waals surface area contributed by atoms with Crippen molar-refractivity contribution >= 4 is 17.5 Å². The molecule has 0 radical (unpaired) electrons. The molecule has 2 unspecified atom stereocenters. The molecule has 3 rings (SSSR count). The van der Waals surface area contributed by atoms with Crippen molar-refractivity contribution < 1.29 is 4.79 Å². The lowest BCUT2D eigenvalue weighted by atomic mass is 9.93. The van der Waals surface area contributed by atoms with Crippen LogP contribution in [0, 0.1) is 5.92 Å². The Morgan fingerprint density at radius 3 is 2.85 bits per heavy atom. The van der Waals surface area contributed by atoms with Crippen molar-refractivity contribution in [2.45, 2.75) is 43.6 Å². The first kappa shape index (κ1) is 13.9. The highest BCUT2D eigenvalue weighted by Crippen LogP contribution is 2.49. The summed E-state index contributed by atoms with van der Waals surface area (Å²) < 4.78 is 0. The Balaban J connectivity index is 1.74. The number of carbonyl (C=O) groups excluding carboxylic acids is 1. The average Bonchev–Trinajstić information content (AvgIpc) is 3.14. The maximum Gasteiger partial charge on any atom is 0.230 e. The van der Waals surface area contributed by atoms with Gasteiger partial charge in [-0.05, 0) is 55.8 Å². The van der Waals surface area contributed by atoms with Crippen molar-refractivity contribution in [2.24, 2.45) is 11.7 Å². The lowest BCUT2D eigenvalue weighted by Crippen LogP contribution is -2.44. The number of halogens is 1. The molecule has 3 nitrogen and oxygen atoms in total. The molecule has 108 valence electrons. The van der Waals surface area contributed by atoms with E-state index in [0.717, 1.165) is 37.7 Å². The summed E-state index contributed by atoms with van der Waals surface area (Å²) in [7, 11) is 0. The van der Waals surface area contributed by atoms with Crippen molar-refractivity contribution in [2.75, 3.05) is 6.54 Å². The molecule has 1 amide bonds. The van der Waals surface area contributed by atoms with E-state index in [1.165, 1.54) is 0 Å². The number of benzene rings is 1. The van der Waals surface area contributed by atoms with Crippen LogP contribution in [0.5, 0.6) is 0 Å². The van der Waals surface area contributed by atoms with Crippen LogP contribution in [0.25, 0.3) is 0 Å². The Hall–Kier alpha value is -1.06. The first-order chi connectivity index (χ1) is 9.65. The highest BCUT2D eigenvalue weighted by atomic mass is 35.5. The predicted octanol–water partition coefficient (Wildman–Crippen LogP) is 2.62. The summed E-state index contributed by atoms with van der Waals surface area (Å²) in [6, 6.07) is 7.95. The number of hydrogen-bond acceptors (Lipinski definition) is 2. The van der Waals surface area contributed by atoms with Crippen LogP contribution in [0.3, 0.4) is 0 Å². The zero-order chi connectivity index (χ0) is 14.2. The fourth-order valence-corrected chi connectivity index (χ4v) is 3.56. The minimum Gasteiger partial charge on any atom is -0.352 e. The molecule has 1 aromatic rings. The highest BCUT2D eigenvalue weighted by Gasteiger charge is 2.52. The minimum absolute atomic E-state index is 0.158. The molecule has 4 heteroatoms. The molecule has 0 aliphatic heterocycles. The molecular formula is C16H21ClN2O. The quantitative estimate of drug-likeness (QED) is 0.896. The molecular weight excluding hydrogens is 272 g/mol. The van der Waals surface area contributed by atoms with Crippen LogP contribution in [0.2, 0.25) is 5.02 Å². The topological polar surface area (TPSA) is 55.1 Å². The van der Waals surface area contributed by atoms with E-state index in [9.17, 15) is 4.79 Å². The van der Waals surface area contributed by atoms with E-state index < -0.39 is 0 Å². The van der Waals surface area contributed by atoms with Gasteiger partial charge in [0.15, 0.2) is 0 Å². The van der Waals surface area contributed by atoms with Crippen LogP contribution >= 0.6 is 11.6 Å². The lowest BCUT2D eigenvalue weighted by molar-refractivity contribution is -0.124. The molecule has 3 N–H and O–H groups in total. The summed E-state index contributed by atoms with van der Waals surface area (Å²) in [5.41, 5.74) is 6.49. The van der Waals surface area contributed by atoms with Crippen molar-refractivity contribution in [1.29, 1.82) is 0 Å². The molecule has 0 heterocycles. The van der Waals surface area contributed by atoms with Gasteiger partial charge in [-0.3, -0.25) is 4.79 Å². The molecule has 20 heavy (non-hydrogen) atoms. The van der Waals surface area contributed by atoms with Crippen molar-refractivity contribution in [1.82, 2.24) is 5.32 Å². The third kappa shape index (κ3) is 2.45. The largest absolute Gasteiger partial charge is 0.352 e. The van der Waals surface area contributed by atoms with Gasteiger partial charge in [0.05, 0.1) is 5.41 Å². The Bertz CT molecular complexity index is 513. The van der Waals surface area contributed by atoms with E-state index in [2.05, 4.69) is 5.32 Å². The van der Waals surface area contributed by atoms with Gasteiger partial charge in [-0.2, -0.15) is 0 Å². The highest BCUT2D eigenvalue weighted by molar-refractivity contribution is 6.30. The minimum atomic E-state index is -0.341. The summed E-state index contributed by atoms with van der Waals surface area (Å²) in [5, 5.41) is 3.94. The van der Waals surface area contributed by atoms with Crippen molar-refractivity contribution in [3.05, 3.63) is 34.9 Å². The zero-order valence-electron chi connectivity index (χ0n) is 11.6. The van der Waals surface area contributed by atoms with E-state index >= 15 is 0 Å². The molecule has 0 aromatic heterocycles. The first-order valence-corrected chi connectivity index (χ1v) is 7.80. The number of hydrogen-bond donors (Lipinski definition) is 2. The third-order valence-corrected chi connectivity index (χ3v) is 5.08. The fraction of sp³-hybridized carbons (Fsp3) is 0.562. The van der Waals surface area contributed by atoms with Crippen molar-refractivity contribution in [3.63, 3.8) is 0 Å². The molecule has 0 bridgehead atoms. The normalized spacial score (nSPS) is 27.3. The lowest BCUT2D eigenvalue weighted by Gasteiger charge is -2.23. The van der Waals surface area contributed by atoms with Gasteiger partial charge in [0.1, 0.15) is 0 Å². The maximum absolute atomic E-state index is 12.7. The summed E-state index contributed by atoms with van der Waals surface area (Å²) in [6.07, 6.45) is 5.18. The van der Waals surface area contributed by atoms with Crippen LogP contribution in [-0.4, -0.2) is 18.5 Å². The molecule has 0 saturated heterocycles. The van der Waals surface area contributed by atoms with E-state index in [1.807, 2.05) is 24.3 Å². The molecule has 2 fully saturated rings. The summed E-state index contributed by atoms with van der Waals surface area (Å²) in [4.78, 5) is 12.7. The van der Waals surface area contributed by atoms with Gasteiger partial charge >= 0.3 is 0 Å². The molecule has 0 spiro atoms. The SMILES string of the molecule is NCC1CCCC1NC(=O)C1(c2cccc(Cl)c2)CC1. The van der Waals surface area contributed by atoms with Crippen LogP contribution in [0.1, 0.15) is 37.7 Å². The van der Waals surface area contributed by atoms with Gasteiger partial charge in [0.25, 0.3) is 0 Å². The fourth-order valence-electron chi connectivity index (χ4n) is 3.37. The number of nitrogens with two attached hydrogens (primary N) is 1. The zero-order valence-corrected chi connectivity index (χ0v) is 12.3. The average molecular weight is 293 g/mol. The van der Waals surface area contributed by atoms with Gasteiger partial charge in [0, 0.05) is 11.1 Å². The summed E-state index contributed by atoms with van der Waals surface area (Å²) in [5.74, 6) is 0.597. The van der Waals surface area contributed by atoms with Gasteiger partial charge < -0.3 is 11.1 Å². The maximum atomic E-state index is 12.7. The third-order valence-electron chi connectivity index (χ3n) is 4.84. The van der Waals surface area contributed by atoms with Crippen LogP contribution in [0.4, 0.5) is 0 Å². The second kappa shape index (κ2) is 5.38. The molecule has 2 saturated carbocycles. The number of carbonyl (C=O) groups is 1. The molecule has 2 atom stereocenters. The van der Waals surface area contributed by atoms with E-state index in [0.29, 0.717) is 17.5 Å². The second-order valence-corrected chi connectivity index (χ2v) is 6.54. The Kier molecular flexibility index (Phi) is 3.74.